The molecule has 2 atom stereocenters. The zero-order chi connectivity index (χ0) is 30.1. The number of carbonyl (C=O) groups is 1. The minimum absolute atomic E-state index is 0.101. The molecule has 4 heterocycles. The number of nitrogens with one attached hydrogen (secondary N) is 1. The van der Waals surface area contributed by atoms with Gasteiger partial charge in [-0.3, -0.25) is 4.79 Å². The van der Waals surface area contributed by atoms with Gasteiger partial charge >= 0.3 is 6.61 Å². The first-order valence-electron chi connectivity index (χ1n) is 15.1. The van der Waals surface area contributed by atoms with Gasteiger partial charge in [-0.05, 0) is 94.9 Å². The monoisotopic (exact) mass is 590 g/mol. The predicted molar refractivity (Wildman–Crippen MR) is 156 cm³/mol. The number of aryl methyl sites for hydroxylation is 1. The Morgan fingerprint density at radius 2 is 1.81 bits per heavy atom. The number of fused-ring (bicyclic) bond motifs is 8. The Bertz CT molecular complexity index is 1570. The molecule has 1 saturated carbocycles. The molecule has 1 aromatic carbocycles. The number of allylic oxidation sites excluding steroid dienone is 2. The Hall–Kier alpha value is -3.63. The lowest BCUT2D eigenvalue weighted by Gasteiger charge is -2.38. The molecule has 10 heteroatoms. The van der Waals surface area contributed by atoms with Crippen molar-refractivity contribution in [1.82, 2.24) is 15.3 Å². The van der Waals surface area contributed by atoms with Gasteiger partial charge in [0.15, 0.2) is 5.82 Å². The lowest BCUT2D eigenvalue weighted by Crippen LogP contribution is -2.40. The molecule has 2 bridgehead atoms. The molecule has 1 aromatic heterocycles. The highest BCUT2D eigenvalue weighted by Crippen LogP contribution is 2.49. The second kappa shape index (κ2) is 10.2. The van der Waals surface area contributed by atoms with Crippen LogP contribution in [0.3, 0.4) is 0 Å². The van der Waals surface area contributed by atoms with Crippen LogP contribution in [0.2, 0.25) is 0 Å². The van der Waals surface area contributed by atoms with E-state index in [1.54, 1.807) is 25.4 Å². The van der Waals surface area contributed by atoms with Gasteiger partial charge in [0.1, 0.15) is 11.4 Å². The van der Waals surface area contributed by atoms with E-state index in [-0.39, 0.29) is 23.8 Å². The third-order valence-corrected chi connectivity index (χ3v) is 9.91. The molecule has 1 saturated heterocycles. The Morgan fingerprint density at radius 1 is 1.07 bits per heavy atom. The van der Waals surface area contributed by atoms with Gasteiger partial charge in [0, 0.05) is 40.5 Å². The summed E-state index contributed by atoms with van der Waals surface area (Å²) in [5.41, 5.74) is 5.09. The van der Waals surface area contributed by atoms with E-state index in [2.05, 4.69) is 39.2 Å². The van der Waals surface area contributed by atoms with Gasteiger partial charge in [-0.25, -0.2) is 9.97 Å². The lowest BCUT2D eigenvalue weighted by atomic mass is 9.76. The lowest BCUT2D eigenvalue weighted by molar-refractivity contribution is -0.118. The number of alkyl halides is 2. The van der Waals surface area contributed by atoms with Crippen LogP contribution in [0.5, 0.6) is 0 Å². The summed E-state index contributed by atoms with van der Waals surface area (Å²) < 4.78 is 32.0. The van der Waals surface area contributed by atoms with E-state index in [0.717, 1.165) is 46.5 Å². The number of hydrogen-bond acceptors (Lipinski definition) is 7. The highest BCUT2D eigenvalue weighted by atomic mass is 19.3. The van der Waals surface area contributed by atoms with Crippen LogP contribution in [0.15, 0.2) is 64.8 Å². The number of nitrogens with zero attached hydrogens (tertiary/aromatic N) is 3. The number of carbonyl (C=O) groups excluding carboxylic acids is 1. The third kappa shape index (κ3) is 4.84. The van der Waals surface area contributed by atoms with Crippen LogP contribution >= 0.6 is 0 Å². The predicted octanol–water partition coefficient (Wildman–Crippen LogP) is 5.17. The van der Waals surface area contributed by atoms with Crippen LogP contribution in [0.1, 0.15) is 76.6 Å². The topological polar surface area (TPSA) is 108 Å². The Morgan fingerprint density at radius 3 is 2.53 bits per heavy atom. The largest absolute Gasteiger partial charge is 0.435 e. The summed E-state index contributed by atoms with van der Waals surface area (Å²) in [6.45, 7) is 0.891. The number of amides is 1. The summed E-state index contributed by atoms with van der Waals surface area (Å²) in [6, 6.07) is 5.67. The number of anilines is 1. The molecule has 2 aliphatic carbocycles. The van der Waals surface area contributed by atoms with Crippen molar-refractivity contribution in [3.63, 3.8) is 0 Å². The molecule has 226 valence electrons. The molecule has 2 aromatic rings. The maximum atomic E-state index is 13.5. The molecule has 0 spiro atoms. The normalized spacial score (nSPS) is 30.3. The molecule has 2 fully saturated rings. The SMILES string of the molecule is CC1=C2[C@@H]3C[C@@H](C4=C(CCC=C4OC(F)F)C(=O)N3)N2c2cc(-c3cnc(C4(O)CCC(C)(O)CC4)nc3)ccc2CC1. The fourth-order valence-corrected chi connectivity index (χ4v) is 7.52. The van der Waals surface area contributed by atoms with Crippen molar-refractivity contribution in [2.75, 3.05) is 4.90 Å². The smallest absolute Gasteiger partial charge is 0.387 e. The van der Waals surface area contributed by atoms with Gasteiger partial charge in [-0.15, -0.1) is 0 Å². The van der Waals surface area contributed by atoms with Crippen LogP contribution in [0, 0.1) is 0 Å². The summed E-state index contributed by atoms with van der Waals surface area (Å²) >= 11 is 0. The highest BCUT2D eigenvalue weighted by molar-refractivity contribution is 5.97. The fraction of sp³-hybridized carbons (Fsp3) is 0.485. The van der Waals surface area contributed by atoms with Gasteiger partial charge in [0.2, 0.25) is 5.91 Å². The van der Waals surface area contributed by atoms with E-state index < -0.39 is 17.8 Å². The zero-order valence-electron chi connectivity index (χ0n) is 24.4. The second-order valence-electron chi connectivity index (χ2n) is 12.9. The Labute approximate surface area is 249 Å². The van der Waals surface area contributed by atoms with E-state index in [0.29, 0.717) is 61.9 Å². The minimum atomic E-state index is -2.98. The summed E-state index contributed by atoms with van der Waals surface area (Å²) in [5, 5.41) is 24.7. The molecule has 0 unspecified atom stereocenters. The fourth-order valence-electron chi connectivity index (χ4n) is 7.52. The maximum Gasteiger partial charge on any atom is 0.387 e. The standard InChI is InChI=1S/C33H36F2N4O4/c1-18-6-7-19-8-9-20(21-16-36-30(37-17-21)33(42)12-10-32(2,41)11-13-33)14-24(19)39-25-15-23(28(18)39)38-29(40)22-4-3-5-26(27(22)25)43-31(34)35/h5,8-9,14,16-17,23,25,31,41-42H,3-4,6-7,10-13,15H2,1-2H3,(H,38,40)/t23-,25-,32?,33?/m0/s1. The summed E-state index contributed by atoms with van der Waals surface area (Å²) in [5.74, 6) is 0.256. The van der Waals surface area contributed by atoms with Crippen LogP contribution < -0.4 is 10.2 Å². The van der Waals surface area contributed by atoms with Crippen molar-refractivity contribution in [3.05, 3.63) is 76.2 Å². The highest BCUT2D eigenvalue weighted by Gasteiger charge is 2.48. The molecular weight excluding hydrogens is 554 g/mol. The van der Waals surface area contributed by atoms with Crippen molar-refractivity contribution in [3.8, 4) is 11.1 Å². The van der Waals surface area contributed by atoms with Crippen LogP contribution in [0.4, 0.5) is 14.5 Å². The van der Waals surface area contributed by atoms with Gasteiger partial charge in [0.25, 0.3) is 0 Å². The van der Waals surface area contributed by atoms with Crippen molar-refractivity contribution in [1.29, 1.82) is 0 Å². The van der Waals surface area contributed by atoms with E-state index in [9.17, 15) is 23.8 Å². The number of halogens is 2. The molecule has 3 aliphatic heterocycles. The molecular formula is C33H36F2N4O4. The minimum Gasteiger partial charge on any atom is -0.435 e. The first-order valence-corrected chi connectivity index (χ1v) is 15.1. The van der Waals surface area contributed by atoms with Gasteiger partial charge < -0.3 is 25.2 Å². The van der Waals surface area contributed by atoms with Crippen molar-refractivity contribution < 1.29 is 28.5 Å². The quantitative estimate of drug-likeness (QED) is 0.451. The number of hydrogen-bond donors (Lipinski definition) is 3. The van der Waals surface area contributed by atoms with Crippen LogP contribution in [0.25, 0.3) is 11.1 Å². The molecule has 0 radical (unpaired) electrons. The second-order valence-corrected chi connectivity index (χ2v) is 12.9. The van der Waals surface area contributed by atoms with Crippen LogP contribution in [-0.2, 0) is 21.6 Å². The molecule has 1 amide bonds. The van der Waals surface area contributed by atoms with Gasteiger partial charge in [0.05, 0.1) is 17.7 Å². The number of ether oxygens (including phenoxy) is 1. The number of aromatic nitrogens is 2. The molecule has 3 N–H and O–H groups in total. The third-order valence-electron chi connectivity index (χ3n) is 9.91. The van der Waals surface area contributed by atoms with Crippen molar-refractivity contribution >= 4 is 11.6 Å². The van der Waals surface area contributed by atoms with E-state index in [4.69, 9.17) is 4.74 Å². The van der Waals surface area contributed by atoms with E-state index >= 15 is 0 Å². The summed E-state index contributed by atoms with van der Waals surface area (Å²) in [7, 11) is 0. The Kier molecular flexibility index (Phi) is 6.70. The molecule has 43 heavy (non-hydrogen) atoms. The number of benzene rings is 1. The maximum absolute atomic E-state index is 13.5. The molecule has 7 rings (SSSR count). The van der Waals surface area contributed by atoms with Crippen LogP contribution in [-0.4, -0.2) is 50.4 Å². The van der Waals surface area contributed by atoms with Crippen molar-refractivity contribution in [2.24, 2.45) is 0 Å². The summed E-state index contributed by atoms with van der Waals surface area (Å²) in [4.78, 5) is 24.6. The molecule has 5 aliphatic rings. The average molecular weight is 591 g/mol. The Balaban J connectivity index is 1.27. The molecule has 8 nitrogen and oxygen atoms in total. The zero-order valence-corrected chi connectivity index (χ0v) is 24.4. The number of rotatable bonds is 4. The summed E-state index contributed by atoms with van der Waals surface area (Å²) in [6.07, 6.45) is 10.0. The average Bonchev–Trinajstić information content (AvgIpc) is 3.19. The van der Waals surface area contributed by atoms with E-state index in [1.165, 1.54) is 0 Å². The first kappa shape index (κ1) is 28.2. The van der Waals surface area contributed by atoms with E-state index in [1.807, 2.05) is 6.07 Å². The van der Waals surface area contributed by atoms with Crippen molar-refractivity contribution in [2.45, 2.75) is 102 Å². The number of aliphatic hydroxyl groups is 2. The van der Waals surface area contributed by atoms with Gasteiger partial charge in [-0.1, -0.05) is 17.7 Å². The van der Waals surface area contributed by atoms with Gasteiger partial charge in [-0.2, -0.15) is 8.78 Å². The first-order chi connectivity index (χ1) is 20.5.